The first-order valence-electron chi connectivity index (χ1n) is 7.30. The van der Waals surface area contributed by atoms with Crippen LogP contribution in [0.2, 0.25) is 0 Å². The van der Waals surface area contributed by atoms with Crippen molar-refractivity contribution in [3.8, 4) is 0 Å². The van der Waals surface area contributed by atoms with Crippen LogP contribution in [0.5, 0.6) is 0 Å². The fourth-order valence-corrected chi connectivity index (χ4v) is 3.39. The van der Waals surface area contributed by atoms with Crippen LogP contribution in [0.15, 0.2) is 53.0 Å². The van der Waals surface area contributed by atoms with Crippen LogP contribution in [-0.2, 0) is 0 Å². The minimum absolute atomic E-state index is 0.649. The highest BCUT2D eigenvalue weighted by atomic mass is 79.9. The molecule has 0 aliphatic carbocycles. The first-order valence-corrected chi connectivity index (χ1v) is 8.09. The molecule has 0 radical (unpaired) electrons. The van der Waals surface area contributed by atoms with Gasteiger partial charge in [0.15, 0.2) is 0 Å². The van der Waals surface area contributed by atoms with Crippen LogP contribution in [0, 0.1) is 6.92 Å². The van der Waals surface area contributed by atoms with E-state index in [9.17, 15) is 0 Å². The van der Waals surface area contributed by atoms with Gasteiger partial charge >= 0.3 is 0 Å². The lowest BCUT2D eigenvalue weighted by Crippen LogP contribution is -2.34. The second-order valence-electron chi connectivity index (χ2n) is 5.62. The third-order valence-electron chi connectivity index (χ3n) is 4.22. The SMILES string of the molecule is Cc1ccccc1N1CCCC(c2ccc(Br)cc2)C1. The standard InChI is InChI=1S/C18H20BrN/c1-14-5-2-3-7-18(14)20-12-4-6-16(13-20)15-8-10-17(19)11-9-15/h2-3,5,7-11,16H,4,6,12-13H2,1H3. The largest absolute Gasteiger partial charge is 0.371 e. The quantitative estimate of drug-likeness (QED) is 0.737. The van der Waals surface area contributed by atoms with Crippen molar-refractivity contribution in [1.29, 1.82) is 0 Å². The first-order chi connectivity index (χ1) is 9.74. The summed E-state index contributed by atoms with van der Waals surface area (Å²) in [7, 11) is 0. The van der Waals surface area contributed by atoms with E-state index in [0.29, 0.717) is 5.92 Å². The highest BCUT2D eigenvalue weighted by Crippen LogP contribution is 2.31. The minimum Gasteiger partial charge on any atom is -0.371 e. The van der Waals surface area contributed by atoms with Crippen molar-refractivity contribution in [3.63, 3.8) is 0 Å². The summed E-state index contributed by atoms with van der Waals surface area (Å²) in [5.74, 6) is 0.649. The van der Waals surface area contributed by atoms with Crippen molar-refractivity contribution in [3.05, 3.63) is 64.1 Å². The molecule has 0 saturated carbocycles. The number of aryl methyl sites for hydroxylation is 1. The van der Waals surface area contributed by atoms with Gasteiger partial charge in [0.2, 0.25) is 0 Å². The first kappa shape index (κ1) is 13.7. The van der Waals surface area contributed by atoms with E-state index in [4.69, 9.17) is 0 Å². The summed E-state index contributed by atoms with van der Waals surface area (Å²) in [5.41, 5.74) is 4.24. The monoisotopic (exact) mass is 329 g/mol. The molecule has 1 aliphatic heterocycles. The molecule has 1 nitrogen and oxygen atoms in total. The molecule has 104 valence electrons. The molecule has 0 bridgehead atoms. The lowest BCUT2D eigenvalue weighted by atomic mass is 9.90. The number of para-hydroxylation sites is 1. The third kappa shape index (κ3) is 2.90. The van der Waals surface area contributed by atoms with Crippen molar-refractivity contribution < 1.29 is 0 Å². The maximum absolute atomic E-state index is 3.52. The average Bonchev–Trinajstić information content (AvgIpc) is 2.49. The number of hydrogen-bond acceptors (Lipinski definition) is 1. The van der Waals surface area contributed by atoms with Crippen molar-refractivity contribution in [1.82, 2.24) is 0 Å². The number of benzene rings is 2. The predicted octanol–water partition coefficient (Wildman–Crippen LogP) is 5.14. The average molecular weight is 330 g/mol. The fraction of sp³-hybridized carbons (Fsp3) is 0.333. The molecule has 0 aromatic heterocycles. The maximum atomic E-state index is 3.52. The van der Waals surface area contributed by atoms with Crippen molar-refractivity contribution in [2.45, 2.75) is 25.7 Å². The molecule has 2 aromatic carbocycles. The van der Waals surface area contributed by atoms with Gasteiger partial charge in [-0.2, -0.15) is 0 Å². The molecule has 1 saturated heterocycles. The molecule has 2 aromatic rings. The van der Waals surface area contributed by atoms with Crippen LogP contribution in [0.25, 0.3) is 0 Å². The summed E-state index contributed by atoms with van der Waals surface area (Å²) in [4.78, 5) is 2.55. The highest BCUT2D eigenvalue weighted by molar-refractivity contribution is 9.10. The number of anilines is 1. The molecule has 1 fully saturated rings. The molecule has 1 aliphatic rings. The van der Waals surface area contributed by atoms with E-state index in [1.807, 2.05) is 0 Å². The summed E-state index contributed by atoms with van der Waals surface area (Å²) in [6.07, 6.45) is 2.57. The number of piperidine rings is 1. The molecule has 0 N–H and O–H groups in total. The maximum Gasteiger partial charge on any atom is 0.0396 e. The zero-order valence-electron chi connectivity index (χ0n) is 11.8. The van der Waals surface area contributed by atoms with Crippen molar-refractivity contribution >= 4 is 21.6 Å². The van der Waals surface area contributed by atoms with E-state index in [0.717, 1.165) is 11.0 Å². The predicted molar refractivity (Wildman–Crippen MR) is 89.5 cm³/mol. The summed E-state index contributed by atoms with van der Waals surface area (Å²) in [5, 5.41) is 0. The molecule has 20 heavy (non-hydrogen) atoms. The summed E-state index contributed by atoms with van der Waals surface area (Å²) >= 11 is 3.52. The molecule has 1 unspecified atom stereocenters. The number of hydrogen-bond donors (Lipinski definition) is 0. The Morgan fingerprint density at radius 3 is 2.55 bits per heavy atom. The molecule has 2 heteroatoms. The highest BCUT2D eigenvalue weighted by Gasteiger charge is 2.22. The van der Waals surface area contributed by atoms with E-state index >= 15 is 0 Å². The van der Waals surface area contributed by atoms with E-state index < -0.39 is 0 Å². The normalized spacial score (nSPS) is 19.1. The van der Waals surface area contributed by atoms with Gasteiger partial charge in [0.1, 0.15) is 0 Å². The topological polar surface area (TPSA) is 3.24 Å². The van der Waals surface area contributed by atoms with Gasteiger partial charge in [-0.3, -0.25) is 0 Å². The van der Waals surface area contributed by atoms with Crippen LogP contribution in [-0.4, -0.2) is 13.1 Å². The van der Waals surface area contributed by atoms with Crippen LogP contribution in [0.3, 0.4) is 0 Å². The second kappa shape index (κ2) is 6.01. The van der Waals surface area contributed by atoms with Gasteiger partial charge < -0.3 is 4.90 Å². The Labute approximate surface area is 129 Å². The van der Waals surface area contributed by atoms with E-state index in [2.05, 4.69) is 76.3 Å². The Hall–Kier alpha value is -1.28. The van der Waals surface area contributed by atoms with E-state index in [-0.39, 0.29) is 0 Å². The lowest BCUT2D eigenvalue weighted by molar-refractivity contribution is 0.509. The Bertz CT molecular complexity index is 576. The van der Waals surface area contributed by atoms with Crippen LogP contribution in [0.1, 0.15) is 29.9 Å². The van der Waals surface area contributed by atoms with Crippen molar-refractivity contribution in [2.24, 2.45) is 0 Å². The zero-order chi connectivity index (χ0) is 13.9. The fourth-order valence-electron chi connectivity index (χ4n) is 3.12. The Kier molecular flexibility index (Phi) is 4.11. The summed E-state index contributed by atoms with van der Waals surface area (Å²) in [6, 6.07) is 17.6. The van der Waals surface area contributed by atoms with Gasteiger partial charge in [-0.05, 0) is 49.1 Å². The number of nitrogens with zero attached hydrogens (tertiary/aromatic N) is 1. The molecule has 1 atom stereocenters. The minimum atomic E-state index is 0.649. The number of rotatable bonds is 2. The van der Waals surface area contributed by atoms with Gasteiger partial charge in [-0.25, -0.2) is 0 Å². The summed E-state index contributed by atoms with van der Waals surface area (Å²) in [6.45, 7) is 4.52. The van der Waals surface area contributed by atoms with Crippen LogP contribution in [0.4, 0.5) is 5.69 Å². The summed E-state index contributed by atoms with van der Waals surface area (Å²) < 4.78 is 1.16. The third-order valence-corrected chi connectivity index (χ3v) is 4.75. The molecular weight excluding hydrogens is 310 g/mol. The molecular formula is C18H20BrN. The van der Waals surface area contributed by atoms with Gasteiger partial charge in [-0.1, -0.05) is 46.3 Å². The van der Waals surface area contributed by atoms with Gasteiger partial charge in [0.25, 0.3) is 0 Å². The Balaban J connectivity index is 1.80. The van der Waals surface area contributed by atoms with Gasteiger partial charge in [0, 0.05) is 29.2 Å². The molecule has 3 rings (SSSR count). The number of halogens is 1. The van der Waals surface area contributed by atoms with Crippen LogP contribution >= 0.6 is 15.9 Å². The lowest BCUT2D eigenvalue weighted by Gasteiger charge is -2.35. The Morgan fingerprint density at radius 1 is 1.05 bits per heavy atom. The second-order valence-corrected chi connectivity index (χ2v) is 6.54. The van der Waals surface area contributed by atoms with Crippen LogP contribution < -0.4 is 4.90 Å². The Morgan fingerprint density at radius 2 is 1.80 bits per heavy atom. The van der Waals surface area contributed by atoms with Gasteiger partial charge in [-0.15, -0.1) is 0 Å². The molecule has 0 spiro atoms. The zero-order valence-corrected chi connectivity index (χ0v) is 13.4. The molecule has 0 amide bonds. The van der Waals surface area contributed by atoms with Gasteiger partial charge in [0.05, 0.1) is 0 Å². The van der Waals surface area contributed by atoms with E-state index in [1.54, 1.807) is 0 Å². The van der Waals surface area contributed by atoms with Crippen molar-refractivity contribution in [2.75, 3.05) is 18.0 Å². The van der Waals surface area contributed by atoms with E-state index in [1.165, 1.54) is 36.2 Å². The smallest absolute Gasteiger partial charge is 0.0396 e. The molecule has 1 heterocycles.